The van der Waals surface area contributed by atoms with Gasteiger partial charge in [0.15, 0.2) is 0 Å². The molecule has 3 aromatic rings. The van der Waals surface area contributed by atoms with Crippen molar-refractivity contribution in [2.24, 2.45) is 0 Å². The summed E-state index contributed by atoms with van der Waals surface area (Å²) in [5, 5.41) is 4.20. The van der Waals surface area contributed by atoms with Crippen LogP contribution in [-0.2, 0) is 11.3 Å². The number of carbonyl (C=O) groups is 1. The third kappa shape index (κ3) is 4.56. The normalized spacial score (nSPS) is 12.2. The first kappa shape index (κ1) is 20.8. The predicted octanol–water partition coefficient (Wildman–Crippen LogP) is 4.73. The molecule has 1 aromatic heterocycles. The fourth-order valence-electron chi connectivity index (χ4n) is 3.82. The van der Waals surface area contributed by atoms with Crippen molar-refractivity contribution in [3.63, 3.8) is 0 Å². The van der Waals surface area contributed by atoms with Crippen LogP contribution in [-0.4, -0.2) is 30.7 Å². The fraction of sp³-hybridized carbons (Fsp3) is 0.375. The molecule has 5 heteroatoms. The average Bonchev–Trinajstić information content (AvgIpc) is 3.09. The lowest BCUT2D eigenvalue weighted by Gasteiger charge is -2.20. The average molecular weight is 395 g/mol. The molecule has 1 amide bonds. The number of benzene rings is 2. The van der Waals surface area contributed by atoms with Gasteiger partial charge in [-0.25, -0.2) is 0 Å². The lowest BCUT2D eigenvalue weighted by Crippen LogP contribution is -2.31. The standard InChI is InChI=1S/C24H30N2O3/c1-6-26-15-22(20-9-7-8-10-23(20)26)21(14-24(27)25-16(2)3)17-11-18(28-4)13-19(12-17)29-5/h7-13,15-16,21H,6,14H2,1-5H3,(H,25,27)/t21-/m0/s1. The monoisotopic (exact) mass is 394 g/mol. The summed E-state index contributed by atoms with van der Waals surface area (Å²) in [7, 11) is 3.28. The van der Waals surface area contributed by atoms with Crippen LogP contribution in [0, 0.1) is 0 Å². The van der Waals surface area contributed by atoms with E-state index in [-0.39, 0.29) is 17.9 Å². The number of ether oxygens (including phenoxy) is 2. The molecular formula is C24H30N2O3. The number of aryl methyl sites for hydroxylation is 1. The van der Waals surface area contributed by atoms with Crippen LogP contribution in [0.5, 0.6) is 11.5 Å². The van der Waals surface area contributed by atoms with Gasteiger partial charge in [-0.1, -0.05) is 18.2 Å². The Labute approximate surface area is 172 Å². The number of nitrogens with zero attached hydrogens (tertiary/aromatic N) is 1. The van der Waals surface area contributed by atoms with Crippen molar-refractivity contribution in [1.29, 1.82) is 0 Å². The Hall–Kier alpha value is -2.95. The quantitative estimate of drug-likeness (QED) is 0.601. The number of hydrogen-bond acceptors (Lipinski definition) is 3. The van der Waals surface area contributed by atoms with Crippen molar-refractivity contribution in [1.82, 2.24) is 9.88 Å². The summed E-state index contributed by atoms with van der Waals surface area (Å²) in [5.41, 5.74) is 3.31. The maximum Gasteiger partial charge on any atom is 0.221 e. The van der Waals surface area contributed by atoms with Crippen LogP contribution in [0.1, 0.15) is 44.2 Å². The smallest absolute Gasteiger partial charge is 0.221 e. The van der Waals surface area contributed by atoms with E-state index in [0.717, 1.165) is 17.7 Å². The largest absolute Gasteiger partial charge is 0.497 e. The Balaban J connectivity index is 2.16. The van der Waals surface area contributed by atoms with Crippen molar-refractivity contribution in [2.75, 3.05) is 14.2 Å². The van der Waals surface area contributed by atoms with Gasteiger partial charge in [0.1, 0.15) is 11.5 Å². The van der Waals surface area contributed by atoms with E-state index in [1.165, 1.54) is 10.9 Å². The van der Waals surface area contributed by atoms with Crippen LogP contribution in [0.2, 0.25) is 0 Å². The van der Waals surface area contributed by atoms with Gasteiger partial charge in [-0.15, -0.1) is 0 Å². The van der Waals surface area contributed by atoms with E-state index in [4.69, 9.17) is 9.47 Å². The van der Waals surface area contributed by atoms with E-state index < -0.39 is 0 Å². The van der Waals surface area contributed by atoms with Crippen molar-refractivity contribution in [3.8, 4) is 11.5 Å². The molecule has 1 N–H and O–H groups in total. The molecule has 0 aliphatic carbocycles. The minimum absolute atomic E-state index is 0.0279. The first-order valence-corrected chi connectivity index (χ1v) is 10.1. The highest BCUT2D eigenvalue weighted by molar-refractivity contribution is 5.86. The zero-order valence-corrected chi connectivity index (χ0v) is 17.9. The summed E-state index contributed by atoms with van der Waals surface area (Å²) in [5.74, 6) is 1.34. The van der Waals surface area contributed by atoms with Gasteiger partial charge >= 0.3 is 0 Å². The van der Waals surface area contributed by atoms with Gasteiger partial charge in [0, 0.05) is 48.1 Å². The Morgan fingerprint density at radius 2 is 1.72 bits per heavy atom. The van der Waals surface area contributed by atoms with E-state index in [2.05, 4.69) is 35.1 Å². The number of nitrogens with one attached hydrogen (secondary N) is 1. The summed E-state index contributed by atoms with van der Waals surface area (Å²) < 4.78 is 13.2. The zero-order valence-electron chi connectivity index (χ0n) is 17.9. The van der Waals surface area contributed by atoms with Crippen molar-refractivity contribution >= 4 is 16.8 Å². The molecule has 0 radical (unpaired) electrons. The van der Waals surface area contributed by atoms with E-state index in [9.17, 15) is 4.79 Å². The first-order valence-electron chi connectivity index (χ1n) is 10.1. The summed E-state index contributed by atoms with van der Waals surface area (Å²) in [6, 6.07) is 14.3. The van der Waals surface area contributed by atoms with Gasteiger partial charge in [-0.3, -0.25) is 4.79 Å². The van der Waals surface area contributed by atoms with Gasteiger partial charge in [-0.2, -0.15) is 0 Å². The van der Waals surface area contributed by atoms with E-state index in [1.54, 1.807) is 14.2 Å². The Bertz CT molecular complexity index is 969. The number of rotatable bonds is 8. The molecule has 0 saturated carbocycles. The minimum Gasteiger partial charge on any atom is -0.497 e. The number of methoxy groups -OCH3 is 2. The summed E-state index contributed by atoms with van der Waals surface area (Å²) in [4.78, 5) is 12.8. The SMILES string of the molecule is CCn1cc([C@@H](CC(=O)NC(C)C)c2cc(OC)cc(OC)c2)c2ccccc21. The lowest BCUT2D eigenvalue weighted by molar-refractivity contribution is -0.121. The number of aromatic nitrogens is 1. The second-order valence-corrected chi connectivity index (χ2v) is 7.51. The maximum atomic E-state index is 12.8. The molecule has 0 aliphatic rings. The van der Waals surface area contributed by atoms with Crippen molar-refractivity contribution < 1.29 is 14.3 Å². The molecule has 1 heterocycles. The minimum atomic E-state index is -0.115. The molecule has 29 heavy (non-hydrogen) atoms. The fourth-order valence-corrected chi connectivity index (χ4v) is 3.82. The van der Waals surface area contributed by atoms with E-state index in [0.29, 0.717) is 17.9 Å². The highest BCUT2D eigenvalue weighted by Gasteiger charge is 2.24. The molecule has 154 valence electrons. The molecule has 0 spiro atoms. The van der Waals surface area contributed by atoms with Crippen molar-refractivity contribution in [3.05, 3.63) is 59.8 Å². The Kier molecular flexibility index (Phi) is 6.47. The number of carbonyl (C=O) groups excluding carboxylic acids is 1. The third-order valence-electron chi connectivity index (χ3n) is 5.15. The van der Waals surface area contributed by atoms with E-state index in [1.807, 2.05) is 44.2 Å². The molecule has 1 atom stereocenters. The summed E-state index contributed by atoms with van der Waals surface area (Å²) in [6.45, 7) is 6.95. The molecular weight excluding hydrogens is 364 g/mol. The maximum absolute atomic E-state index is 12.8. The number of para-hydroxylation sites is 1. The van der Waals surface area contributed by atoms with Crippen LogP contribution in [0.15, 0.2) is 48.7 Å². The molecule has 2 aromatic carbocycles. The summed E-state index contributed by atoms with van der Waals surface area (Å²) >= 11 is 0. The molecule has 0 bridgehead atoms. The van der Waals surface area contributed by atoms with Crippen molar-refractivity contribution in [2.45, 2.75) is 45.7 Å². The predicted molar refractivity (Wildman–Crippen MR) is 117 cm³/mol. The number of fused-ring (bicyclic) bond motifs is 1. The zero-order chi connectivity index (χ0) is 21.0. The molecule has 0 unspecified atom stereocenters. The topological polar surface area (TPSA) is 52.5 Å². The second kappa shape index (κ2) is 9.03. The van der Waals surface area contributed by atoms with Gasteiger partial charge in [0.25, 0.3) is 0 Å². The lowest BCUT2D eigenvalue weighted by atomic mass is 9.87. The van der Waals surface area contributed by atoms with Gasteiger partial charge in [0.05, 0.1) is 14.2 Å². The van der Waals surface area contributed by atoms with Crippen LogP contribution < -0.4 is 14.8 Å². The van der Waals surface area contributed by atoms with Crippen LogP contribution in [0.25, 0.3) is 10.9 Å². The molecule has 5 nitrogen and oxygen atoms in total. The molecule has 0 fully saturated rings. The highest BCUT2D eigenvalue weighted by atomic mass is 16.5. The molecule has 0 aliphatic heterocycles. The summed E-state index contributed by atoms with van der Waals surface area (Å²) in [6.07, 6.45) is 2.52. The Morgan fingerprint density at radius 3 is 2.31 bits per heavy atom. The van der Waals surface area contributed by atoms with Gasteiger partial charge in [-0.05, 0) is 50.1 Å². The highest BCUT2D eigenvalue weighted by Crippen LogP contribution is 2.37. The second-order valence-electron chi connectivity index (χ2n) is 7.51. The third-order valence-corrected chi connectivity index (χ3v) is 5.15. The van der Waals surface area contributed by atoms with Crippen LogP contribution in [0.4, 0.5) is 0 Å². The van der Waals surface area contributed by atoms with Crippen LogP contribution in [0.3, 0.4) is 0 Å². The first-order chi connectivity index (χ1) is 14.0. The molecule has 0 saturated heterocycles. The van der Waals surface area contributed by atoms with Gasteiger partial charge in [0.2, 0.25) is 5.91 Å². The molecule has 3 rings (SSSR count). The number of hydrogen-bond donors (Lipinski definition) is 1. The van der Waals surface area contributed by atoms with Crippen LogP contribution >= 0.6 is 0 Å². The van der Waals surface area contributed by atoms with Gasteiger partial charge < -0.3 is 19.4 Å². The Morgan fingerprint density at radius 1 is 1.07 bits per heavy atom. The number of amides is 1. The van der Waals surface area contributed by atoms with E-state index >= 15 is 0 Å².